The molecule has 0 radical (unpaired) electrons. The van der Waals surface area contributed by atoms with Gasteiger partial charge in [-0.25, -0.2) is 13.1 Å². The zero-order valence-corrected chi connectivity index (χ0v) is 18.5. The number of aliphatic imine (C=N–C) groups is 1. The standard InChI is InChI=1S/C17H30N4O2S.HI/c1-4-6-7-12-19-17(18-5-2)20-13-14-21-24(22,23)16-10-8-15(3)9-11-16;/h8-11,21H,4-7,12-14H2,1-3H3,(H2,18,19,20);1H. The zero-order chi connectivity index (χ0) is 17.8. The molecule has 0 spiro atoms. The molecule has 0 saturated heterocycles. The van der Waals surface area contributed by atoms with Gasteiger partial charge in [-0.2, -0.15) is 0 Å². The molecule has 0 atom stereocenters. The molecular formula is C17H31IN4O2S. The number of sulfonamides is 1. The number of guanidine groups is 1. The van der Waals surface area contributed by atoms with Crippen LogP contribution in [0.1, 0.15) is 38.7 Å². The summed E-state index contributed by atoms with van der Waals surface area (Å²) in [5.74, 6) is 0.725. The minimum absolute atomic E-state index is 0. The molecule has 25 heavy (non-hydrogen) atoms. The molecule has 1 aromatic rings. The highest BCUT2D eigenvalue weighted by Gasteiger charge is 2.12. The number of halogens is 1. The summed E-state index contributed by atoms with van der Waals surface area (Å²) < 4.78 is 26.9. The van der Waals surface area contributed by atoms with Gasteiger partial charge >= 0.3 is 0 Å². The maximum atomic E-state index is 12.2. The molecule has 1 rings (SSSR count). The Bertz CT molecular complexity index is 604. The molecule has 0 aliphatic rings. The Kier molecular flexibility index (Phi) is 12.9. The van der Waals surface area contributed by atoms with Crippen LogP contribution in [0, 0.1) is 6.92 Å². The van der Waals surface area contributed by atoms with Gasteiger partial charge in [0, 0.05) is 26.2 Å². The smallest absolute Gasteiger partial charge is 0.240 e. The van der Waals surface area contributed by atoms with Crippen LogP contribution in [0.5, 0.6) is 0 Å². The van der Waals surface area contributed by atoms with Crippen molar-refractivity contribution in [1.29, 1.82) is 0 Å². The van der Waals surface area contributed by atoms with E-state index in [1.807, 2.05) is 13.8 Å². The zero-order valence-electron chi connectivity index (χ0n) is 15.3. The van der Waals surface area contributed by atoms with E-state index in [4.69, 9.17) is 0 Å². The number of hydrogen-bond donors (Lipinski definition) is 3. The topological polar surface area (TPSA) is 82.6 Å². The minimum Gasteiger partial charge on any atom is -0.357 e. The van der Waals surface area contributed by atoms with Crippen LogP contribution in [0.3, 0.4) is 0 Å². The Balaban J connectivity index is 0.00000576. The van der Waals surface area contributed by atoms with Crippen molar-refractivity contribution in [3.05, 3.63) is 29.8 Å². The molecule has 0 amide bonds. The summed E-state index contributed by atoms with van der Waals surface area (Å²) in [6, 6.07) is 6.81. The average molecular weight is 482 g/mol. The fourth-order valence-corrected chi connectivity index (χ4v) is 3.09. The van der Waals surface area contributed by atoms with Gasteiger partial charge in [0.2, 0.25) is 10.0 Å². The first-order valence-electron chi connectivity index (χ1n) is 8.58. The van der Waals surface area contributed by atoms with Crippen molar-refractivity contribution in [2.75, 3.05) is 26.2 Å². The molecule has 0 aliphatic heterocycles. The van der Waals surface area contributed by atoms with Gasteiger partial charge in [-0.05, 0) is 32.4 Å². The second-order valence-corrected chi connectivity index (χ2v) is 7.37. The molecular weight excluding hydrogens is 451 g/mol. The number of rotatable bonds is 10. The van der Waals surface area contributed by atoms with E-state index in [1.54, 1.807) is 24.3 Å². The summed E-state index contributed by atoms with van der Waals surface area (Å²) in [6.45, 7) is 8.42. The molecule has 0 unspecified atom stereocenters. The van der Waals surface area contributed by atoms with Crippen LogP contribution in [-0.4, -0.2) is 40.6 Å². The quantitative estimate of drug-likeness (QED) is 0.207. The number of unbranched alkanes of at least 4 members (excludes halogenated alkanes) is 2. The maximum absolute atomic E-state index is 12.2. The molecule has 0 fully saturated rings. The van der Waals surface area contributed by atoms with Gasteiger partial charge in [0.25, 0.3) is 0 Å². The molecule has 3 N–H and O–H groups in total. The number of benzene rings is 1. The fourth-order valence-electron chi connectivity index (χ4n) is 2.06. The highest BCUT2D eigenvalue weighted by Crippen LogP contribution is 2.09. The van der Waals surface area contributed by atoms with Crippen molar-refractivity contribution in [1.82, 2.24) is 15.4 Å². The second kappa shape index (κ2) is 13.3. The lowest BCUT2D eigenvalue weighted by molar-refractivity contribution is 0.580. The van der Waals surface area contributed by atoms with E-state index in [0.29, 0.717) is 13.1 Å². The molecule has 0 heterocycles. The highest BCUT2D eigenvalue weighted by molar-refractivity contribution is 14.0. The van der Waals surface area contributed by atoms with Crippen LogP contribution in [0.2, 0.25) is 0 Å². The Morgan fingerprint density at radius 3 is 2.32 bits per heavy atom. The van der Waals surface area contributed by atoms with Gasteiger partial charge in [-0.15, -0.1) is 24.0 Å². The van der Waals surface area contributed by atoms with Crippen molar-refractivity contribution in [3.8, 4) is 0 Å². The molecule has 0 aliphatic carbocycles. The lowest BCUT2D eigenvalue weighted by Gasteiger charge is -2.12. The Hall–Kier alpha value is -0.870. The Morgan fingerprint density at radius 2 is 1.72 bits per heavy atom. The third kappa shape index (κ3) is 10.0. The molecule has 1 aromatic carbocycles. The van der Waals surface area contributed by atoms with Crippen LogP contribution in [-0.2, 0) is 10.0 Å². The van der Waals surface area contributed by atoms with Gasteiger partial charge in [-0.1, -0.05) is 37.5 Å². The monoisotopic (exact) mass is 482 g/mol. The molecule has 0 aromatic heterocycles. The van der Waals surface area contributed by atoms with Crippen molar-refractivity contribution in [2.24, 2.45) is 4.99 Å². The second-order valence-electron chi connectivity index (χ2n) is 5.61. The van der Waals surface area contributed by atoms with E-state index < -0.39 is 10.0 Å². The van der Waals surface area contributed by atoms with E-state index in [9.17, 15) is 8.42 Å². The lowest BCUT2D eigenvalue weighted by Crippen LogP contribution is -2.41. The van der Waals surface area contributed by atoms with Gasteiger partial charge in [-0.3, -0.25) is 4.99 Å². The van der Waals surface area contributed by atoms with Crippen molar-refractivity contribution >= 4 is 40.0 Å². The normalized spacial score (nSPS) is 11.7. The minimum atomic E-state index is -3.46. The van der Waals surface area contributed by atoms with Crippen molar-refractivity contribution in [2.45, 2.75) is 44.9 Å². The van der Waals surface area contributed by atoms with E-state index >= 15 is 0 Å². The predicted octanol–water partition coefficient (Wildman–Crippen LogP) is 2.64. The molecule has 144 valence electrons. The first-order chi connectivity index (χ1) is 11.5. The summed E-state index contributed by atoms with van der Waals surface area (Å²) in [6.07, 6.45) is 3.40. The van der Waals surface area contributed by atoms with E-state index in [0.717, 1.165) is 31.0 Å². The number of hydrogen-bond acceptors (Lipinski definition) is 3. The lowest BCUT2D eigenvalue weighted by atomic mass is 10.2. The third-order valence-corrected chi connectivity index (χ3v) is 4.89. The van der Waals surface area contributed by atoms with Crippen LogP contribution >= 0.6 is 24.0 Å². The van der Waals surface area contributed by atoms with Gasteiger partial charge in [0.05, 0.1) is 4.90 Å². The summed E-state index contributed by atoms with van der Waals surface area (Å²) in [4.78, 5) is 4.76. The van der Waals surface area contributed by atoms with Gasteiger partial charge < -0.3 is 10.6 Å². The molecule has 8 heteroatoms. The first kappa shape index (κ1) is 24.1. The van der Waals surface area contributed by atoms with E-state index in [-0.39, 0.29) is 28.9 Å². The van der Waals surface area contributed by atoms with Gasteiger partial charge in [0.15, 0.2) is 5.96 Å². The van der Waals surface area contributed by atoms with Gasteiger partial charge in [0.1, 0.15) is 0 Å². The molecule has 6 nitrogen and oxygen atoms in total. The SMILES string of the molecule is CCCCCN=C(NCC)NCCNS(=O)(=O)c1ccc(C)cc1.I. The summed E-state index contributed by atoms with van der Waals surface area (Å²) in [5, 5.41) is 6.30. The van der Waals surface area contributed by atoms with Crippen LogP contribution in [0.15, 0.2) is 34.2 Å². The third-order valence-electron chi connectivity index (χ3n) is 3.42. The number of nitrogens with zero attached hydrogens (tertiary/aromatic N) is 1. The predicted molar refractivity (Wildman–Crippen MR) is 115 cm³/mol. The molecule has 0 bridgehead atoms. The largest absolute Gasteiger partial charge is 0.357 e. The summed E-state index contributed by atoms with van der Waals surface area (Å²) >= 11 is 0. The maximum Gasteiger partial charge on any atom is 0.240 e. The summed E-state index contributed by atoms with van der Waals surface area (Å²) in [5.41, 5.74) is 1.03. The van der Waals surface area contributed by atoms with Crippen molar-refractivity contribution < 1.29 is 8.42 Å². The number of nitrogens with one attached hydrogen (secondary N) is 3. The Morgan fingerprint density at radius 1 is 1.04 bits per heavy atom. The van der Waals surface area contributed by atoms with Crippen LogP contribution in [0.4, 0.5) is 0 Å². The van der Waals surface area contributed by atoms with Crippen LogP contribution < -0.4 is 15.4 Å². The fraction of sp³-hybridized carbons (Fsp3) is 0.588. The number of aryl methyl sites for hydroxylation is 1. The summed E-state index contributed by atoms with van der Waals surface area (Å²) in [7, 11) is -3.46. The Labute approximate surface area is 169 Å². The molecule has 0 saturated carbocycles. The van der Waals surface area contributed by atoms with E-state index in [1.165, 1.54) is 12.8 Å². The average Bonchev–Trinajstić information content (AvgIpc) is 2.55. The van der Waals surface area contributed by atoms with Crippen molar-refractivity contribution in [3.63, 3.8) is 0 Å². The van der Waals surface area contributed by atoms with E-state index in [2.05, 4.69) is 27.3 Å². The highest BCUT2D eigenvalue weighted by atomic mass is 127. The first-order valence-corrected chi connectivity index (χ1v) is 10.1. The van der Waals surface area contributed by atoms with Crippen LogP contribution in [0.25, 0.3) is 0 Å².